The molecule has 2 unspecified atom stereocenters. The molecule has 1 fully saturated rings. The predicted molar refractivity (Wildman–Crippen MR) is 58.4 cm³/mol. The monoisotopic (exact) mass is 196 g/mol. The Morgan fingerprint density at radius 1 is 1.54 bits per heavy atom. The van der Waals surface area contributed by atoms with Gasteiger partial charge in [0.05, 0.1) is 0 Å². The number of hydrogen-bond donors (Lipinski definition) is 0. The van der Waals surface area contributed by atoms with E-state index in [1.165, 1.54) is 25.7 Å². The molecule has 13 heavy (non-hydrogen) atoms. The van der Waals surface area contributed by atoms with Gasteiger partial charge in [-0.2, -0.15) is 0 Å². The summed E-state index contributed by atoms with van der Waals surface area (Å²) < 4.78 is 5.75. The van der Waals surface area contributed by atoms with Crippen molar-refractivity contribution in [3.63, 3.8) is 0 Å². The average molecular weight is 196 g/mol. The molecule has 0 heterocycles. The molecule has 0 aromatic heterocycles. The summed E-state index contributed by atoms with van der Waals surface area (Å²) in [7, 11) is -0.783. The van der Waals surface area contributed by atoms with Crippen LogP contribution in [0, 0.1) is 11.3 Å². The van der Waals surface area contributed by atoms with Crippen molar-refractivity contribution in [2.24, 2.45) is 11.3 Å². The number of hydrogen-bond acceptors (Lipinski definition) is 1. The Kier molecular flexibility index (Phi) is 2.61. The van der Waals surface area contributed by atoms with Crippen LogP contribution in [-0.4, -0.2) is 15.6 Å². The molecule has 2 aliphatic carbocycles. The number of fused-ring (bicyclic) bond motifs is 2. The fraction of sp³-hybridized carbons (Fsp3) is 0.818. The third-order valence-corrected chi connectivity index (χ3v) is 4.36. The van der Waals surface area contributed by atoms with Crippen LogP contribution in [0.4, 0.5) is 0 Å². The molecule has 0 N–H and O–H groups in total. The van der Waals surface area contributed by atoms with Crippen molar-refractivity contribution in [3.05, 3.63) is 12.2 Å². The van der Waals surface area contributed by atoms with Gasteiger partial charge in [-0.25, -0.2) is 0 Å². The van der Waals surface area contributed by atoms with E-state index in [2.05, 4.69) is 25.2 Å². The highest BCUT2D eigenvalue weighted by molar-refractivity contribution is 6.48. The summed E-state index contributed by atoms with van der Waals surface area (Å²) >= 11 is 0. The van der Waals surface area contributed by atoms with Crippen molar-refractivity contribution in [1.82, 2.24) is 0 Å². The zero-order chi connectivity index (χ0) is 9.31. The van der Waals surface area contributed by atoms with Gasteiger partial charge >= 0.3 is 0 Å². The highest BCUT2D eigenvalue weighted by Crippen LogP contribution is 2.51. The first-order valence-electron chi connectivity index (χ1n) is 5.51. The third kappa shape index (κ3) is 2.05. The van der Waals surface area contributed by atoms with Crippen molar-refractivity contribution >= 4 is 9.04 Å². The van der Waals surface area contributed by atoms with Crippen molar-refractivity contribution < 1.29 is 4.43 Å². The van der Waals surface area contributed by atoms with E-state index in [-0.39, 0.29) is 0 Å². The molecule has 2 aliphatic rings. The van der Waals surface area contributed by atoms with Crippen LogP contribution in [0.2, 0.25) is 13.1 Å². The first kappa shape index (κ1) is 9.47. The summed E-state index contributed by atoms with van der Waals surface area (Å²) in [5.41, 5.74) is 0.563. The largest absolute Gasteiger partial charge is 0.421 e. The highest BCUT2D eigenvalue weighted by atomic mass is 28.3. The third-order valence-electron chi connectivity index (χ3n) is 3.45. The fourth-order valence-electron chi connectivity index (χ4n) is 2.66. The molecule has 0 saturated heterocycles. The first-order valence-corrected chi connectivity index (χ1v) is 8.29. The van der Waals surface area contributed by atoms with Crippen LogP contribution < -0.4 is 0 Å². The summed E-state index contributed by atoms with van der Waals surface area (Å²) in [6.45, 7) is 5.50. The smallest absolute Gasteiger partial charge is 0.170 e. The van der Waals surface area contributed by atoms with Gasteiger partial charge in [0, 0.05) is 6.61 Å². The average Bonchev–Trinajstić information content (AvgIpc) is 2.62. The molecule has 0 aromatic carbocycles. The SMILES string of the molecule is C[SiH](C)OCCC12C=CC(CC1)C2. The van der Waals surface area contributed by atoms with E-state index >= 15 is 0 Å². The van der Waals surface area contributed by atoms with E-state index in [0.717, 1.165) is 12.5 Å². The second-order valence-corrected chi connectivity index (χ2v) is 7.32. The molecular formula is C11H20OSi. The summed E-state index contributed by atoms with van der Waals surface area (Å²) in [4.78, 5) is 0. The zero-order valence-corrected chi connectivity index (χ0v) is 9.91. The molecule has 1 saturated carbocycles. The quantitative estimate of drug-likeness (QED) is 0.496. The summed E-state index contributed by atoms with van der Waals surface area (Å²) in [6.07, 6.45) is 10.4. The Labute approximate surface area is 82.9 Å². The molecule has 0 amide bonds. The lowest BCUT2D eigenvalue weighted by Crippen LogP contribution is -2.18. The lowest BCUT2D eigenvalue weighted by molar-refractivity contribution is 0.245. The highest BCUT2D eigenvalue weighted by Gasteiger charge is 2.39. The molecule has 0 aliphatic heterocycles. The van der Waals surface area contributed by atoms with Crippen molar-refractivity contribution in [2.75, 3.05) is 6.61 Å². The van der Waals surface area contributed by atoms with E-state index in [4.69, 9.17) is 4.43 Å². The summed E-state index contributed by atoms with van der Waals surface area (Å²) in [5.74, 6) is 0.913. The standard InChI is InChI=1S/C11H20OSi/c1-13(2)12-8-7-11-5-3-10(9-11)4-6-11/h3,5,10,13H,4,6-9H2,1-2H3. The van der Waals surface area contributed by atoms with Gasteiger partial charge in [0.25, 0.3) is 0 Å². The van der Waals surface area contributed by atoms with E-state index in [9.17, 15) is 0 Å². The summed E-state index contributed by atoms with van der Waals surface area (Å²) in [5, 5.41) is 0. The maximum Gasteiger partial charge on any atom is 0.170 e. The number of rotatable bonds is 4. The Balaban J connectivity index is 1.78. The molecule has 0 aromatic rings. The van der Waals surface area contributed by atoms with Crippen LogP contribution in [0.3, 0.4) is 0 Å². The van der Waals surface area contributed by atoms with E-state index in [0.29, 0.717) is 5.41 Å². The van der Waals surface area contributed by atoms with Crippen molar-refractivity contribution in [1.29, 1.82) is 0 Å². The Hall–Kier alpha value is -0.0831. The van der Waals surface area contributed by atoms with Crippen LogP contribution in [0.5, 0.6) is 0 Å². The lowest BCUT2D eigenvalue weighted by atomic mass is 9.85. The second kappa shape index (κ2) is 3.58. The van der Waals surface area contributed by atoms with Gasteiger partial charge in [0.2, 0.25) is 0 Å². The maximum atomic E-state index is 5.75. The molecule has 2 atom stereocenters. The van der Waals surface area contributed by atoms with Crippen molar-refractivity contribution in [2.45, 2.75) is 38.8 Å². The van der Waals surface area contributed by atoms with Crippen LogP contribution in [0.1, 0.15) is 25.7 Å². The second-order valence-electron chi connectivity index (χ2n) is 4.89. The normalized spacial score (nSPS) is 36.4. The van der Waals surface area contributed by atoms with Gasteiger partial charge in [-0.05, 0) is 50.1 Å². The Morgan fingerprint density at radius 3 is 2.85 bits per heavy atom. The molecule has 74 valence electrons. The predicted octanol–water partition coefficient (Wildman–Crippen LogP) is 2.73. The minimum Gasteiger partial charge on any atom is -0.421 e. The van der Waals surface area contributed by atoms with Gasteiger partial charge in [-0.1, -0.05) is 12.2 Å². The molecule has 2 rings (SSSR count). The van der Waals surface area contributed by atoms with Gasteiger partial charge in [-0.15, -0.1) is 0 Å². The molecule has 2 bridgehead atoms. The van der Waals surface area contributed by atoms with Crippen molar-refractivity contribution in [3.8, 4) is 0 Å². The molecule has 0 spiro atoms. The zero-order valence-electron chi connectivity index (χ0n) is 8.75. The Bertz CT molecular complexity index is 212. The first-order chi connectivity index (χ1) is 6.20. The minimum atomic E-state index is -0.783. The van der Waals surface area contributed by atoms with Crippen LogP contribution in [0.15, 0.2) is 12.2 Å². The molecule has 0 radical (unpaired) electrons. The number of allylic oxidation sites excluding steroid dienone is 2. The maximum absolute atomic E-state index is 5.75. The van der Waals surface area contributed by atoms with Gasteiger partial charge in [0.15, 0.2) is 9.04 Å². The fourth-order valence-corrected chi connectivity index (χ4v) is 3.25. The minimum absolute atomic E-state index is 0.563. The van der Waals surface area contributed by atoms with E-state index < -0.39 is 9.04 Å². The Morgan fingerprint density at radius 2 is 2.38 bits per heavy atom. The summed E-state index contributed by atoms with van der Waals surface area (Å²) in [6, 6.07) is 0. The van der Waals surface area contributed by atoms with E-state index in [1.807, 2.05) is 0 Å². The van der Waals surface area contributed by atoms with Crippen LogP contribution >= 0.6 is 0 Å². The lowest BCUT2D eigenvalue weighted by Gasteiger charge is -2.23. The van der Waals surface area contributed by atoms with Gasteiger partial charge in [0.1, 0.15) is 0 Å². The van der Waals surface area contributed by atoms with Crippen LogP contribution in [-0.2, 0) is 4.43 Å². The van der Waals surface area contributed by atoms with Crippen LogP contribution in [0.25, 0.3) is 0 Å². The molecule has 1 nitrogen and oxygen atoms in total. The molecule has 2 heteroatoms. The topological polar surface area (TPSA) is 9.23 Å². The van der Waals surface area contributed by atoms with Gasteiger partial charge in [-0.3, -0.25) is 0 Å². The van der Waals surface area contributed by atoms with E-state index in [1.54, 1.807) is 0 Å². The van der Waals surface area contributed by atoms with Gasteiger partial charge < -0.3 is 4.43 Å². The molecular weight excluding hydrogens is 176 g/mol.